The Bertz CT molecular complexity index is 1150. The number of fused-ring (bicyclic) bond motifs is 2. The fourth-order valence-corrected chi connectivity index (χ4v) is 5.28. The number of unbranched alkanes of at least 4 members (excludes halogenated alkanes) is 5. The predicted molar refractivity (Wildman–Crippen MR) is 129 cm³/mol. The smallest absolute Gasteiger partial charge is 0.265 e. The monoisotopic (exact) mass is 453 g/mol. The molecule has 1 N–H and O–H groups in total. The normalized spacial score (nSPS) is 15.2. The molecule has 32 heavy (non-hydrogen) atoms. The number of benzene rings is 1. The molecule has 1 amide bonds. The Kier molecular flexibility index (Phi) is 7.29. The van der Waals surface area contributed by atoms with Gasteiger partial charge in [0.1, 0.15) is 5.39 Å². The topological polar surface area (TPSA) is 81.8 Å². The molecule has 3 heterocycles. The van der Waals surface area contributed by atoms with Gasteiger partial charge in [-0.2, -0.15) is 5.10 Å². The number of amides is 1. The van der Waals surface area contributed by atoms with Crippen LogP contribution in [0.5, 0.6) is 0 Å². The number of aromatic nitrogens is 4. The maximum absolute atomic E-state index is 13.2. The van der Waals surface area contributed by atoms with Crippen LogP contribution in [0.1, 0.15) is 63.5 Å². The fraction of sp³-hybridized carbons (Fsp3) is 0.500. The summed E-state index contributed by atoms with van der Waals surface area (Å²) in [5, 5.41) is 8.58. The van der Waals surface area contributed by atoms with Gasteiger partial charge in [0.15, 0.2) is 10.8 Å². The Labute approximate surface area is 192 Å². The van der Waals surface area contributed by atoms with E-state index in [9.17, 15) is 9.59 Å². The van der Waals surface area contributed by atoms with Crippen LogP contribution in [0.3, 0.4) is 0 Å². The lowest BCUT2D eigenvalue weighted by Crippen LogP contribution is -2.31. The van der Waals surface area contributed by atoms with Gasteiger partial charge in [-0.1, -0.05) is 62.9 Å². The molecule has 0 fully saturated rings. The molecule has 4 rings (SSSR count). The zero-order valence-electron chi connectivity index (χ0n) is 18.8. The van der Waals surface area contributed by atoms with Crippen molar-refractivity contribution in [3.8, 4) is 5.69 Å². The van der Waals surface area contributed by atoms with Crippen LogP contribution in [0.4, 0.5) is 0 Å². The van der Waals surface area contributed by atoms with Crippen molar-refractivity contribution in [1.82, 2.24) is 24.6 Å². The number of aryl methyl sites for hydroxylation is 1. The summed E-state index contributed by atoms with van der Waals surface area (Å²) in [7, 11) is 0. The summed E-state index contributed by atoms with van der Waals surface area (Å²) >= 11 is 1.53. The van der Waals surface area contributed by atoms with E-state index < -0.39 is 0 Å². The highest BCUT2D eigenvalue weighted by molar-refractivity contribution is 7.99. The van der Waals surface area contributed by atoms with Gasteiger partial charge in [0.25, 0.3) is 5.56 Å². The first-order valence-electron chi connectivity index (χ1n) is 11.5. The van der Waals surface area contributed by atoms with Gasteiger partial charge in [-0.3, -0.25) is 14.2 Å². The van der Waals surface area contributed by atoms with E-state index in [2.05, 4.69) is 17.3 Å². The molecule has 1 aliphatic heterocycles. The number of hydrogen-bond donors (Lipinski definition) is 1. The Balaban J connectivity index is 1.43. The SMILES string of the molecule is CCCCCCCCNC(=O)CC1CSc2nc3c(cnn3-c3cccc(C)c3)c(=O)n21. The first kappa shape index (κ1) is 22.6. The molecule has 1 unspecified atom stereocenters. The summed E-state index contributed by atoms with van der Waals surface area (Å²) in [6.45, 7) is 4.93. The molecule has 0 spiro atoms. The van der Waals surface area contributed by atoms with Crippen LogP contribution in [0.25, 0.3) is 16.7 Å². The minimum Gasteiger partial charge on any atom is -0.356 e. The summed E-state index contributed by atoms with van der Waals surface area (Å²) in [6.07, 6.45) is 9.05. The molecule has 170 valence electrons. The minimum absolute atomic E-state index is 0.000499. The molecule has 2 aromatic heterocycles. The standard InChI is InChI=1S/C24H31N5O2S/c1-3-4-5-6-7-8-12-25-21(30)14-19-16-32-24-27-22-20(23(31)28(19)24)15-26-29(22)18-11-9-10-17(2)13-18/h9-11,13,15,19H,3-8,12,14,16H2,1-2H3,(H,25,30). The van der Waals surface area contributed by atoms with Gasteiger partial charge in [0.05, 0.1) is 17.9 Å². The van der Waals surface area contributed by atoms with Crippen LogP contribution < -0.4 is 10.9 Å². The van der Waals surface area contributed by atoms with Gasteiger partial charge in [-0.15, -0.1) is 0 Å². The van der Waals surface area contributed by atoms with E-state index in [1.54, 1.807) is 15.4 Å². The second kappa shape index (κ2) is 10.3. The van der Waals surface area contributed by atoms with Crippen molar-refractivity contribution < 1.29 is 4.79 Å². The highest BCUT2D eigenvalue weighted by Gasteiger charge is 2.29. The van der Waals surface area contributed by atoms with Crippen molar-refractivity contribution in [3.63, 3.8) is 0 Å². The molecule has 8 heteroatoms. The van der Waals surface area contributed by atoms with E-state index in [-0.39, 0.29) is 17.5 Å². The number of nitrogens with one attached hydrogen (secondary N) is 1. The second-order valence-corrected chi connectivity index (χ2v) is 9.48. The molecule has 3 aromatic rings. The number of nitrogens with zero attached hydrogens (tertiary/aromatic N) is 4. The van der Waals surface area contributed by atoms with Crippen LogP contribution in [0.2, 0.25) is 0 Å². The number of carbonyl (C=O) groups is 1. The maximum Gasteiger partial charge on any atom is 0.265 e. The molecule has 0 radical (unpaired) electrons. The third-order valence-electron chi connectivity index (χ3n) is 5.89. The lowest BCUT2D eigenvalue weighted by Gasteiger charge is -2.13. The molecule has 0 saturated carbocycles. The zero-order valence-corrected chi connectivity index (χ0v) is 19.7. The zero-order chi connectivity index (χ0) is 22.5. The molecule has 0 saturated heterocycles. The summed E-state index contributed by atoms with van der Waals surface area (Å²) in [5.41, 5.74) is 2.44. The van der Waals surface area contributed by atoms with Crippen LogP contribution in [0.15, 0.2) is 40.4 Å². The van der Waals surface area contributed by atoms with Gasteiger partial charge in [-0.05, 0) is 31.0 Å². The molecular formula is C24H31N5O2S. The first-order valence-corrected chi connectivity index (χ1v) is 12.5. The Hall–Kier alpha value is -2.61. The van der Waals surface area contributed by atoms with Crippen molar-refractivity contribution in [3.05, 3.63) is 46.4 Å². The molecule has 1 aromatic carbocycles. The van der Waals surface area contributed by atoms with Crippen LogP contribution >= 0.6 is 11.8 Å². The van der Waals surface area contributed by atoms with Crippen molar-refractivity contribution in [1.29, 1.82) is 0 Å². The molecule has 0 aliphatic carbocycles. The van der Waals surface area contributed by atoms with Gasteiger partial charge in [0.2, 0.25) is 5.91 Å². The minimum atomic E-state index is -0.175. The molecule has 7 nitrogen and oxygen atoms in total. The Morgan fingerprint density at radius 2 is 2.03 bits per heavy atom. The quantitative estimate of drug-likeness (QED) is 0.363. The maximum atomic E-state index is 13.2. The van der Waals surface area contributed by atoms with Crippen molar-refractivity contribution in [2.24, 2.45) is 0 Å². The third-order valence-corrected chi connectivity index (χ3v) is 6.99. The molecule has 0 bridgehead atoms. The Morgan fingerprint density at radius 3 is 2.84 bits per heavy atom. The van der Waals surface area contributed by atoms with Crippen LogP contribution in [-0.4, -0.2) is 37.5 Å². The summed E-state index contributed by atoms with van der Waals surface area (Å²) in [4.78, 5) is 30.4. The van der Waals surface area contributed by atoms with E-state index in [0.29, 0.717) is 34.9 Å². The molecule has 1 aliphatic rings. The van der Waals surface area contributed by atoms with Gasteiger partial charge >= 0.3 is 0 Å². The fourth-order valence-electron chi connectivity index (χ4n) is 4.15. The lowest BCUT2D eigenvalue weighted by atomic mass is 10.1. The molecule has 1 atom stereocenters. The van der Waals surface area contributed by atoms with Crippen LogP contribution in [-0.2, 0) is 4.79 Å². The van der Waals surface area contributed by atoms with E-state index in [1.165, 1.54) is 37.4 Å². The predicted octanol–water partition coefficient (Wildman–Crippen LogP) is 4.40. The average Bonchev–Trinajstić information content (AvgIpc) is 3.38. The number of carbonyl (C=O) groups excluding carboxylic acids is 1. The Morgan fingerprint density at radius 1 is 1.22 bits per heavy atom. The third kappa shape index (κ3) is 4.90. The second-order valence-electron chi connectivity index (χ2n) is 8.49. The largest absolute Gasteiger partial charge is 0.356 e. The highest BCUT2D eigenvalue weighted by Crippen LogP contribution is 2.33. The number of rotatable bonds is 10. The van der Waals surface area contributed by atoms with E-state index in [4.69, 9.17) is 4.98 Å². The van der Waals surface area contributed by atoms with Gasteiger partial charge in [0, 0.05) is 18.7 Å². The van der Waals surface area contributed by atoms with Crippen molar-refractivity contribution >= 4 is 28.7 Å². The number of thioether (sulfide) groups is 1. The van der Waals surface area contributed by atoms with Crippen LogP contribution in [0, 0.1) is 6.92 Å². The molecular weight excluding hydrogens is 422 g/mol. The average molecular weight is 454 g/mol. The highest BCUT2D eigenvalue weighted by atomic mass is 32.2. The number of hydrogen-bond acceptors (Lipinski definition) is 5. The van der Waals surface area contributed by atoms with Crippen molar-refractivity contribution in [2.45, 2.75) is 70.0 Å². The summed E-state index contributed by atoms with van der Waals surface area (Å²) < 4.78 is 3.39. The summed E-state index contributed by atoms with van der Waals surface area (Å²) in [5.74, 6) is 0.677. The lowest BCUT2D eigenvalue weighted by molar-refractivity contribution is -0.121. The summed E-state index contributed by atoms with van der Waals surface area (Å²) in [6, 6.07) is 7.78. The van der Waals surface area contributed by atoms with Gasteiger partial charge < -0.3 is 5.32 Å². The van der Waals surface area contributed by atoms with E-state index in [1.807, 2.05) is 31.2 Å². The van der Waals surface area contributed by atoms with Gasteiger partial charge in [-0.25, -0.2) is 9.67 Å². The first-order chi connectivity index (χ1) is 15.6. The van der Waals surface area contributed by atoms with Crippen molar-refractivity contribution in [2.75, 3.05) is 12.3 Å². The van der Waals surface area contributed by atoms with E-state index >= 15 is 0 Å². The van der Waals surface area contributed by atoms with E-state index in [0.717, 1.165) is 24.1 Å².